The van der Waals surface area contributed by atoms with E-state index < -0.39 is 0 Å². The predicted molar refractivity (Wildman–Crippen MR) is 61.3 cm³/mol. The van der Waals surface area contributed by atoms with Gasteiger partial charge < -0.3 is 10.5 Å². The lowest BCUT2D eigenvalue weighted by Crippen LogP contribution is -2.13. The molecule has 0 fully saturated rings. The highest BCUT2D eigenvalue weighted by Gasteiger charge is 2.26. The number of carbonyl (C=O) groups is 1. The number of anilines is 1. The van der Waals surface area contributed by atoms with Gasteiger partial charge in [0, 0.05) is 4.88 Å². The van der Waals surface area contributed by atoms with Crippen LogP contribution in [-0.2, 0) is 17.6 Å². The molecule has 1 aromatic heterocycles. The van der Waals surface area contributed by atoms with Crippen molar-refractivity contribution in [3.63, 3.8) is 0 Å². The molecule has 0 saturated heterocycles. The van der Waals surface area contributed by atoms with E-state index in [1.54, 1.807) is 11.3 Å². The van der Waals surface area contributed by atoms with E-state index in [9.17, 15) is 4.79 Å². The van der Waals surface area contributed by atoms with Crippen LogP contribution < -0.4 is 5.73 Å². The van der Waals surface area contributed by atoms with Crippen LogP contribution in [0.1, 0.15) is 34.1 Å². The van der Waals surface area contributed by atoms with Crippen molar-refractivity contribution in [3.05, 3.63) is 16.0 Å². The van der Waals surface area contributed by atoms with Gasteiger partial charge in [0.1, 0.15) is 5.00 Å². The van der Waals surface area contributed by atoms with Crippen LogP contribution in [0.5, 0.6) is 0 Å². The van der Waals surface area contributed by atoms with Gasteiger partial charge in [0.25, 0.3) is 0 Å². The Labute approximate surface area is 93.2 Å². The van der Waals surface area contributed by atoms with Crippen molar-refractivity contribution in [1.29, 1.82) is 0 Å². The number of nitrogen functional groups attached to an aromatic ring is 1. The lowest BCUT2D eigenvalue weighted by atomic mass is 9.88. The molecular weight excluding hydrogens is 210 g/mol. The number of methoxy groups -OCH3 is 1. The summed E-state index contributed by atoms with van der Waals surface area (Å²) < 4.78 is 4.76. The topological polar surface area (TPSA) is 52.3 Å². The van der Waals surface area contributed by atoms with Gasteiger partial charge in [-0.25, -0.2) is 4.79 Å². The molecule has 0 aliphatic heterocycles. The van der Waals surface area contributed by atoms with E-state index in [0.29, 0.717) is 16.5 Å². The molecule has 0 aromatic carbocycles. The number of fused-ring (bicyclic) bond motifs is 1. The molecule has 0 radical (unpaired) electrons. The molecular formula is C11H15NO2S. The van der Waals surface area contributed by atoms with Gasteiger partial charge in [-0.2, -0.15) is 0 Å². The molecule has 1 atom stereocenters. The molecule has 0 spiro atoms. The maximum Gasteiger partial charge on any atom is 0.341 e. The third-order valence-corrected chi connectivity index (χ3v) is 4.01. The molecule has 1 aromatic rings. The Balaban J connectivity index is 2.44. The van der Waals surface area contributed by atoms with Crippen molar-refractivity contribution in [2.45, 2.75) is 26.2 Å². The van der Waals surface area contributed by atoms with E-state index in [-0.39, 0.29) is 5.97 Å². The summed E-state index contributed by atoms with van der Waals surface area (Å²) in [7, 11) is 1.40. The highest BCUT2D eigenvalue weighted by molar-refractivity contribution is 7.16. The van der Waals surface area contributed by atoms with Crippen molar-refractivity contribution in [1.82, 2.24) is 0 Å². The van der Waals surface area contributed by atoms with Gasteiger partial charge in [0.05, 0.1) is 12.7 Å². The van der Waals surface area contributed by atoms with E-state index in [0.717, 1.165) is 24.8 Å². The van der Waals surface area contributed by atoms with Crippen LogP contribution in [0.15, 0.2) is 0 Å². The van der Waals surface area contributed by atoms with Gasteiger partial charge in [-0.05, 0) is 30.7 Å². The molecule has 0 saturated carbocycles. The summed E-state index contributed by atoms with van der Waals surface area (Å²) in [6.45, 7) is 2.23. The highest BCUT2D eigenvalue weighted by Crippen LogP contribution is 2.38. The fourth-order valence-electron chi connectivity index (χ4n) is 2.10. The molecule has 15 heavy (non-hydrogen) atoms. The van der Waals surface area contributed by atoms with E-state index in [2.05, 4.69) is 6.92 Å². The number of nitrogens with two attached hydrogens (primary N) is 1. The molecule has 1 aliphatic rings. The van der Waals surface area contributed by atoms with E-state index >= 15 is 0 Å². The zero-order chi connectivity index (χ0) is 11.0. The zero-order valence-electron chi connectivity index (χ0n) is 9.00. The average molecular weight is 225 g/mol. The number of ether oxygens (including phenoxy) is 1. The minimum absolute atomic E-state index is 0.292. The average Bonchev–Trinajstić information content (AvgIpc) is 2.52. The second-order valence-corrected chi connectivity index (χ2v) is 5.22. The lowest BCUT2D eigenvalue weighted by molar-refractivity contribution is 0.0601. The summed E-state index contributed by atoms with van der Waals surface area (Å²) in [5.74, 6) is 0.403. The molecule has 2 N–H and O–H groups in total. The van der Waals surface area contributed by atoms with Crippen LogP contribution in [0.4, 0.5) is 5.00 Å². The van der Waals surface area contributed by atoms with E-state index in [1.807, 2.05) is 0 Å². The SMILES string of the molecule is COC(=O)c1c(N)sc2c1CCC(C)C2. The summed E-state index contributed by atoms with van der Waals surface area (Å²) >= 11 is 1.54. The Kier molecular flexibility index (Phi) is 2.69. The van der Waals surface area contributed by atoms with E-state index in [4.69, 9.17) is 10.5 Å². The van der Waals surface area contributed by atoms with Gasteiger partial charge in [-0.1, -0.05) is 6.92 Å². The first-order valence-corrected chi connectivity index (χ1v) is 5.93. The Morgan fingerprint density at radius 1 is 1.60 bits per heavy atom. The first-order chi connectivity index (χ1) is 7.13. The fraction of sp³-hybridized carbons (Fsp3) is 0.545. The van der Waals surface area contributed by atoms with Gasteiger partial charge in [-0.15, -0.1) is 11.3 Å². The second-order valence-electron chi connectivity index (χ2n) is 4.08. The lowest BCUT2D eigenvalue weighted by Gasteiger charge is -2.18. The van der Waals surface area contributed by atoms with Crippen molar-refractivity contribution < 1.29 is 9.53 Å². The van der Waals surface area contributed by atoms with Crippen LogP contribution in [0.2, 0.25) is 0 Å². The first kappa shape index (κ1) is 10.5. The molecule has 0 bridgehead atoms. The molecule has 2 rings (SSSR count). The van der Waals surface area contributed by atoms with Gasteiger partial charge in [0.2, 0.25) is 0 Å². The standard InChI is InChI=1S/C11H15NO2S/c1-6-3-4-7-8(5-6)15-10(12)9(7)11(13)14-2/h6H,3-5,12H2,1-2H3. The summed E-state index contributed by atoms with van der Waals surface area (Å²) in [5, 5.41) is 0.612. The van der Waals surface area contributed by atoms with Crippen molar-refractivity contribution in [2.75, 3.05) is 12.8 Å². The normalized spacial score (nSPS) is 19.7. The van der Waals surface area contributed by atoms with Crippen molar-refractivity contribution in [2.24, 2.45) is 5.92 Å². The van der Waals surface area contributed by atoms with Crippen LogP contribution >= 0.6 is 11.3 Å². The molecule has 1 heterocycles. The Bertz CT molecular complexity index is 398. The second kappa shape index (κ2) is 3.85. The molecule has 1 aliphatic carbocycles. The van der Waals surface area contributed by atoms with Crippen LogP contribution in [-0.4, -0.2) is 13.1 Å². The van der Waals surface area contributed by atoms with E-state index in [1.165, 1.54) is 12.0 Å². The van der Waals surface area contributed by atoms with Gasteiger partial charge in [0.15, 0.2) is 0 Å². The minimum atomic E-state index is -0.292. The summed E-state index contributed by atoms with van der Waals surface area (Å²) in [5.41, 5.74) is 7.60. The highest BCUT2D eigenvalue weighted by atomic mass is 32.1. The van der Waals surface area contributed by atoms with Gasteiger partial charge >= 0.3 is 5.97 Å². The minimum Gasteiger partial charge on any atom is -0.465 e. The number of hydrogen-bond donors (Lipinski definition) is 1. The third kappa shape index (κ3) is 1.74. The Morgan fingerprint density at radius 2 is 2.33 bits per heavy atom. The maximum absolute atomic E-state index is 11.6. The zero-order valence-corrected chi connectivity index (χ0v) is 9.82. The predicted octanol–water partition coefficient (Wildman–Crippen LogP) is 2.24. The van der Waals surface area contributed by atoms with Crippen LogP contribution in [0.3, 0.4) is 0 Å². The molecule has 82 valence electrons. The number of rotatable bonds is 1. The molecule has 4 heteroatoms. The fourth-order valence-corrected chi connectivity index (χ4v) is 3.37. The summed E-state index contributed by atoms with van der Waals surface area (Å²) in [4.78, 5) is 12.8. The molecule has 0 amide bonds. The molecule has 3 nitrogen and oxygen atoms in total. The van der Waals surface area contributed by atoms with Crippen LogP contribution in [0.25, 0.3) is 0 Å². The van der Waals surface area contributed by atoms with Gasteiger partial charge in [-0.3, -0.25) is 0 Å². The molecule has 1 unspecified atom stereocenters. The Hall–Kier alpha value is -1.03. The van der Waals surface area contributed by atoms with Crippen molar-refractivity contribution >= 4 is 22.3 Å². The van der Waals surface area contributed by atoms with Crippen molar-refractivity contribution in [3.8, 4) is 0 Å². The maximum atomic E-state index is 11.6. The number of thiophene rings is 1. The number of hydrogen-bond acceptors (Lipinski definition) is 4. The Morgan fingerprint density at radius 3 is 3.00 bits per heavy atom. The quantitative estimate of drug-likeness (QED) is 0.746. The summed E-state index contributed by atoms with van der Waals surface area (Å²) in [6, 6.07) is 0. The van der Waals surface area contributed by atoms with Crippen LogP contribution in [0, 0.1) is 5.92 Å². The number of esters is 1. The number of carbonyl (C=O) groups excluding carboxylic acids is 1. The largest absolute Gasteiger partial charge is 0.465 e. The monoisotopic (exact) mass is 225 g/mol. The summed E-state index contributed by atoms with van der Waals surface area (Å²) in [6.07, 6.45) is 3.13. The third-order valence-electron chi connectivity index (χ3n) is 2.93. The first-order valence-electron chi connectivity index (χ1n) is 5.11. The smallest absolute Gasteiger partial charge is 0.341 e.